The Morgan fingerprint density at radius 3 is 2.43 bits per heavy atom. The smallest absolute Gasteiger partial charge is 0.308 e. The van der Waals surface area contributed by atoms with E-state index in [0.717, 1.165) is 65.0 Å². The Kier molecular flexibility index (Phi) is 7.26. The number of aryl methyl sites for hydroxylation is 1. The van der Waals surface area contributed by atoms with Crippen molar-refractivity contribution in [3.8, 4) is 23.0 Å². The first-order valence-corrected chi connectivity index (χ1v) is 13.1. The van der Waals surface area contributed by atoms with Gasteiger partial charge in [0.2, 0.25) is 6.79 Å². The Morgan fingerprint density at radius 1 is 0.892 bits per heavy atom. The molecular weight excluding hydrogens is 468 g/mol. The molecule has 1 aliphatic heterocycles. The molecule has 1 N–H and O–H groups in total. The second kappa shape index (κ2) is 10.8. The summed E-state index contributed by atoms with van der Waals surface area (Å²) in [7, 11) is 1.66. The third-order valence-electron chi connectivity index (χ3n) is 7.45. The first-order valence-electron chi connectivity index (χ1n) is 13.1. The van der Waals surface area contributed by atoms with Gasteiger partial charge in [-0.2, -0.15) is 0 Å². The third-order valence-corrected chi connectivity index (χ3v) is 7.45. The number of ether oxygens (including phenoxy) is 4. The largest absolute Gasteiger partial charge is 0.497 e. The maximum absolute atomic E-state index is 13.1. The zero-order valence-corrected chi connectivity index (χ0v) is 21.7. The van der Waals surface area contributed by atoms with Crippen LogP contribution in [0.5, 0.6) is 23.0 Å². The van der Waals surface area contributed by atoms with Gasteiger partial charge in [0.1, 0.15) is 11.5 Å². The van der Waals surface area contributed by atoms with Crippen LogP contribution >= 0.6 is 0 Å². The fourth-order valence-corrected chi connectivity index (χ4v) is 5.73. The van der Waals surface area contributed by atoms with Crippen LogP contribution in [0.4, 0.5) is 0 Å². The number of unbranched alkanes of at least 4 members (excludes halogenated alkanes) is 1. The summed E-state index contributed by atoms with van der Waals surface area (Å²) in [6.45, 7) is 5.03. The lowest BCUT2D eigenvalue weighted by Crippen LogP contribution is -2.24. The van der Waals surface area contributed by atoms with Gasteiger partial charge >= 0.3 is 5.97 Å². The molecule has 0 aromatic heterocycles. The van der Waals surface area contributed by atoms with Crippen molar-refractivity contribution in [3.05, 3.63) is 82.4 Å². The summed E-state index contributed by atoms with van der Waals surface area (Å²) in [5.41, 5.74) is 5.10. The molecule has 3 atom stereocenters. The van der Waals surface area contributed by atoms with Gasteiger partial charge in [-0.15, -0.1) is 0 Å². The Labute approximate surface area is 218 Å². The Hall–Kier alpha value is -3.67. The van der Waals surface area contributed by atoms with E-state index in [0.29, 0.717) is 18.1 Å². The SMILES string of the molecule is CCCCc1cc(OC)ccc1C1c2cc(OCCC)ccc2C(c2ccc3c(c2)OCO3)C1C(=O)O. The molecule has 37 heavy (non-hydrogen) atoms. The molecule has 6 nitrogen and oxygen atoms in total. The van der Waals surface area contributed by atoms with E-state index in [1.165, 1.54) is 0 Å². The van der Waals surface area contributed by atoms with Crippen LogP contribution < -0.4 is 18.9 Å². The van der Waals surface area contributed by atoms with Gasteiger partial charge in [0.05, 0.1) is 19.6 Å². The van der Waals surface area contributed by atoms with E-state index < -0.39 is 11.9 Å². The molecular formula is C31H34O6. The Morgan fingerprint density at radius 2 is 1.68 bits per heavy atom. The van der Waals surface area contributed by atoms with E-state index >= 15 is 0 Å². The van der Waals surface area contributed by atoms with Crippen molar-refractivity contribution in [2.45, 2.75) is 51.4 Å². The van der Waals surface area contributed by atoms with Crippen LogP contribution in [0.2, 0.25) is 0 Å². The Balaban J connectivity index is 1.69. The number of rotatable bonds is 10. The maximum atomic E-state index is 13.1. The molecule has 1 heterocycles. The predicted octanol–water partition coefficient (Wildman–Crippen LogP) is 6.53. The molecule has 2 aliphatic rings. The van der Waals surface area contributed by atoms with Gasteiger partial charge in [0.15, 0.2) is 11.5 Å². The molecule has 1 aliphatic carbocycles. The van der Waals surface area contributed by atoms with E-state index in [4.69, 9.17) is 18.9 Å². The normalized spacial score (nSPS) is 19.5. The molecule has 0 spiro atoms. The maximum Gasteiger partial charge on any atom is 0.308 e. The number of carbonyl (C=O) groups is 1. The average Bonchev–Trinajstić information content (AvgIpc) is 3.52. The first kappa shape index (κ1) is 25.0. The lowest BCUT2D eigenvalue weighted by atomic mass is 9.78. The number of benzene rings is 3. The highest BCUT2D eigenvalue weighted by Gasteiger charge is 2.47. The summed E-state index contributed by atoms with van der Waals surface area (Å²) in [6, 6.07) is 17.9. The highest BCUT2D eigenvalue weighted by atomic mass is 16.7. The fourth-order valence-electron chi connectivity index (χ4n) is 5.73. The summed E-state index contributed by atoms with van der Waals surface area (Å²) < 4.78 is 22.7. The number of aliphatic carboxylic acids is 1. The number of methoxy groups -OCH3 is 1. The van der Waals surface area contributed by atoms with Crippen LogP contribution in [-0.4, -0.2) is 31.6 Å². The molecule has 0 bridgehead atoms. The zero-order chi connectivity index (χ0) is 25.9. The van der Waals surface area contributed by atoms with Crippen molar-refractivity contribution in [1.82, 2.24) is 0 Å². The molecule has 0 amide bonds. The van der Waals surface area contributed by atoms with E-state index in [9.17, 15) is 9.90 Å². The van der Waals surface area contributed by atoms with Crippen LogP contribution in [0.25, 0.3) is 0 Å². The number of hydrogen-bond acceptors (Lipinski definition) is 5. The Bertz CT molecular complexity index is 1280. The minimum Gasteiger partial charge on any atom is -0.497 e. The van der Waals surface area contributed by atoms with E-state index in [2.05, 4.69) is 26.0 Å². The van der Waals surface area contributed by atoms with Crippen molar-refractivity contribution >= 4 is 5.97 Å². The summed E-state index contributed by atoms with van der Waals surface area (Å²) >= 11 is 0. The highest BCUT2D eigenvalue weighted by molar-refractivity contribution is 5.78. The van der Waals surface area contributed by atoms with Crippen molar-refractivity contribution < 1.29 is 28.8 Å². The van der Waals surface area contributed by atoms with Crippen LogP contribution in [0.3, 0.4) is 0 Å². The standard InChI is InChI=1S/C31H34O6/c1-4-6-7-19-15-21(34-3)9-11-23(19)29-25-17-22(35-14-5-2)10-12-24(25)28(30(29)31(32)33)20-8-13-26-27(16-20)37-18-36-26/h8-13,15-17,28-30H,4-7,14,18H2,1-3H3,(H,32,33). The van der Waals surface area contributed by atoms with Crippen LogP contribution in [0, 0.1) is 5.92 Å². The van der Waals surface area contributed by atoms with Crippen LogP contribution in [-0.2, 0) is 11.2 Å². The molecule has 0 radical (unpaired) electrons. The lowest BCUT2D eigenvalue weighted by Gasteiger charge is -2.25. The number of hydrogen-bond donors (Lipinski definition) is 1. The van der Waals surface area contributed by atoms with Crippen molar-refractivity contribution in [2.24, 2.45) is 5.92 Å². The van der Waals surface area contributed by atoms with Crippen molar-refractivity contribution in [3.63, 3.8) is 0 Å². The zero-order valence-electron chi connectivity index (χ0n) is 21.7. The topological polar surface area (TPSA) is 74.2 Å². The van der Waals surface area contributed by atoms with Gasteiger partial charge < -0.3 is 24.1 Å². The highest BCUT2D eigenvalue weighted by Crippen LogP contribution is 2.55. The molecule has 0 saturated heterocycles. The van der Waals surface area contributed by atoms with Gasteiger partial charge in [0, 0.05) is 11.8 Å². The second-order valence-electron chi connectivity index (χ2n) is 9.74. The van der Waals surface area contributed by atoms with Gasteiger partial charge in [-0.25, -0.2) is 0 Å². The van der Waals surface area contributed by atoms with Gasteiger partial charge in [-0.1, -0.05) is 38.5 Å². The van der Waals surface area contributed by atoms with Crippen molar-refractivity contribution in [1.29, 1.82) is 0 Å². The van der Waals surface area contributed by atoms with Gasteiger partial charge in [-0.05, 0) is 83.5 Å². The average molecular weight is 503 g/mol. The molecule has 0 fully saturated rings. The van der Waals surface area contributed by atoms with Crippen LogP contribution in [0.15, 0.2) is 54.6 Å². The molecule has 5 rings (SSSR count). The van der Waals surface area contributed by atoms with E-state index in [1.54, 1.807) is 7.11 Å². The fraction of sp³-hybridized carbons (Fsp3) is 0.387. The van der Waals surface area contributed by atoms with E-state index in [1.807, 2.05) is 42.5 Å². The lowest BCUT2D eigenvalue weighted by molar-refractivity contribution is -0.142. The predicted molar refractivity (Wildman–Crippen MR) is 141 cm³/mol. The molecule has 3 unspecified atom stereocenters. The molecule has 194 valence electrons. The summed E-state index contributed by atoms with van der Waals surface area (Å²) in [6.07, 6.45) is 3.83. The molecule has 6 heteroatoms. The van der Waals surface area contributed by atoms with Crippen LogP contribution in [0.1, 0.15) is 72.8 Å². The first-order chi connectivity index (χ1) is 18.0. The molecule has 0 saturated carbocycles. The number of fused-ring (bicyclic) bond motifs is 2. The summed E-state index contributed by atoms with van der Waals surface area (Å²) in [5.74, 6) is 0.715. The number of carboxylic acid groups (broad SMARTS) is 1. The second-order valence-corrected chi connectivity index (χ2v) is 9.74. The van der Waals surface area contributed by atoms with Gasteiger partial charge in [-0.3, -0.25) is 4.79 Å². The third kappa shape index (κ3) is 4.73. The summed E-state index contributed by atoms with van der Waals surface area (Å²) in [4.78, 5) is 13.1. The molecule has 3 aromatic rings. The number of carboxylic acids is 1. The summed E-state index contributed by atoms with van der Waals surface area (Å²) in [5, 5.41) is 10.7. The van der Waals surface area contributed by atoms with Gasteiger partial charge in [0.25, 0.3) is 0 Å². The molecule has 3 aromatic carbocycles. The minimum absolute atomic E-state index is 0.176. The van der Waals surface area contributed by atoms with E-state index in [-0.39, 0.29) is 18.6 Å². The minimum atomic E-state index is -0.822. The quantitative estimate of drug-likeness (QED) is 0.340. The van der Waals surface area contributed by atoms with Crippen molar-refractivity contribution in [2.75, 3.05) is 20.5 Å². The monoisotopic (exact) mass is 502 g/mol.